The van der Waals surface area contributed by atoms with E-state index >= 15 is 0 Å². The lowest BCUT2D eigenvalue weighted by molar-refractivity contribution is -0.386. The van der Waals surface area contributed by atoms with Gasteiger partial charge in [0, 0.05) is 23.4 Å². The lowest BCUT2D eigenvalue weighted by Gasteiger charge is -2.22. The molecule has 17 heavy (non-hydrogen) atoms. The third-order valence-corrected chi connectivity index (χ3v) is 3.35. The maximum Gasteiger partial charge on any atom is 0.276 e. The van der Waals surface area contributed by atoms with Gasteiger partial charge in [0.1, 0.15) is 5.78 Å². The average Bonchev–Trinajstić information content (AvgIpc) is 2.28. The Bertz CT molecular complexity index is 475. The molecule has 6 heteroatoms. The predicted octanol–water partition coefficient (Wildman–Crippen LogP) is 2.78. The number of carbonyl (C=O) groups is 1. The highest BCUT2D eigenvalue weighted by Gasteiger charge is 2.29. The van der Waals surface area contributed by atoms with E-state index < -0.39 is 11.0 Å². The lowest BCUT2D eigenvalue weighted by atomic mass is 9.99. The molecule has 0 bridgehead atoms. The Morgan fingerprint density at radius 3 is 2.88 bits per heavy atom. The van der Waals surface area contributed by atoms with Gasteiger partial charge in [0.25, 0.3) is 5.69 Å². The van der Waals surface area contributed by atoms with Crippen LogP contribution in [0.3, 0.4) is 0 Å². The number of nitro groups is 1. The van der Waals surface area contributed by atoms with Gasteiger partial charge in [0.15, 0.2) is 0 Å². The minimum atomic E-state index is -0.521. The topological polar surface area (TPSA) is 69.4 Å². The minimum Gasteiger partial charge on any atom is -0.372 e. The van der Waals surface area contributed by atoms with E-state index in [0.717, 1.165) is 0 Å². The maximum atomic E-state index is 11.4. The molecule has 1 fully saturated rings. The molecule has 1 saturated heterocycles. The standard InChI is InChI=1S/C11H10BrNO4/c12-8-2-1-3-9(13(15)16)11(8)10-6-7(14)4-5-17-10/h1-3,10H,4-6H2. The van der Waals surface area contributed by atoms with Crippen LogP contribution in [0, 0.1) is 10.1 Å². The van der Waals surface area contributed by atoms with Crippen LogP contribution in [0.5, 0.6) is 0 Å². The second-order valence-electron chi connectivity index (χ2n) is 3.78. The van der Waals surface area contributed by atoms with Crippen molar-refractivity contribution in [3.63, 3.8) is 0 Å². The van der Waals surface area contributed by atoms with E-state index in [1.807, 2.05) is 0 Å². The SMILES string of the molecule is O=C1CCOC(c2c(Br)cccc2[N+](=O)[O-])C1. The van der Waals surface area contributed by atoms with Crippen molar-refractivity contribution in [1.29, 1.82) is 0 Å². The summed E-state index contributed by atoms with van der Waals surface area (Å²) in [5, 5.41) is 10.9. The van der Waals surface area contributed by atoms with Crippen molar-refractivity contribution in [1.82, 2.24) is 0 Å². The van der Waals surface area contributed by atoms with Crippen LogP contribution in [0.1, 0.15) is 24.5 Å². The minimum absolute atomic E-state index is 0.0147. The smallest absolute Gasteiger partial charge is 0.276 e. The molecular weight excluding hydrogens is 290 g/mol. The number of nitro benzene ring substituents is 1. The number of nitrogens with zero attached hydrogens (tertiary/aromatic N) is 1. The van der Waals surface area contributed by atoms with Crippen molar-refractivity contribution in [2.75, 3.05) is 6.61 Å². The third-order valence-electron chi connectivity index (χ3n) is 2.66. The summed E-state index contributed by atoms with van der Waals surface area (Å²) >= 11 is 3.28. The molecule has 0 aromatic heterocycles. The fourth-order valence-corrected chi connectivity index (χ4v) is 2.48. The van der Waals surface area contributed by atoms with Crippen LogP contribution in [0.2, 0.25) is 0 Å². The van der Waals surface area contributed by atoms with E-state index in [0.29, 0.717) is 23.1 Å². The number of Topliss-reactive ketones (excluding diaryl/α,β-unsaturated/α-hetero) is 1. The van der Waals surface area contributed by atoms with Crippen molar-refractivity contribution in [2.24, 2.45) is 0 Å². The van der Waals surface area contributed by atoms with Gasteiger partial charge in [-0.2, -0.15) is 0 Å². The zero-order chi connectivity index (χ0) is 12.4. The van der Waals surface area contributed by atoms with E-state index in [1.165, 1.54) is 6.07 Å². The van der Waals surface area contributed by atoms with Crippen LogP contribution in [-0.4, -0.2) is 17.3 Å². The zero-order valence-corrected chi connectivity index (χ0v) is 10.5. The maximum absolute atomic E-state index is 11.4. The molecule has 5 nitrogen and oxygen atoms in total. The first-order valence-electron chi connectivity index (χ1n) is 5.15. The van der Waals surface area contributed by atoms with E-state index in [9.17, 15) is 14.9 Å². The average molecular weight is 300 g/mol. The zero-order valence-electron chi connectivity index (χ0n) is 8.89. The monoisotopic (exact) mass is 299 g/mol. The fourth-order valence-electron chi connectivity index (χ4n) is 1.87. The summed E-state index contributed by atoms with van der Waals surface area (Å²) in [5.74, 6) is 0.0753. The summed E-state index contributed by atoms with van der Waals surface area (Å²) in [4.78, 5) is 21.9. The summed E-state index contributed by atoms with van der Waals surface area (Å²) in [6.45, 7) is 0.321. The van der Waals surface area contributed by atoms with Crippen LogP contribution in [0.25, 0.3) is 0 Å². The number of carbonyl (C=O) groups excluding carboxylic acids is 1. The van der Waals surface area contributed by atoms with Gasteiger partial charge < -0.3 is 4.74 Å². The first kappa shape index (κ1) is 12.2. The van der Waals surface area contributed by atoms with E-state index in [1.54, 1.807) is 12.1 Å². The second kappa shape index (κ2) is 4.93. The number of hydrogen-bond donors (Lipinski definition) is 0. The Balaban J connectivity index is 2.42. The molecule has 0 amide bonds. The molecule has 2 rings (SSSR count). The van der Waals surface area contributed by atoms with Crippen molar-refractivity contribution in [3.05, 3.63) is 38.3 Å². The molecule has 90 valence electrons. The summed E-state index contributed by atoms with van der Waals surface area (Å²) in [5.41, 5.74) is 0.435. The van der Waals surface area contributed by atoms with Crippen molar-refractivity contribution in [2.45, 2.75) is 18.9 Å². The van der Waals surface area contributed by atoms with Crippen LogP contribution in [0.15, 0.2) is 22.7 Å². The Morgan fingerprint density at radius 2 is 2.24 bits per heavy atom. The molecule has 1 aliphatic heterocycles. The van der Waals surface area contributed by atoms with E-state index in [-0.39, 0.29) is 17.9 Å². The van der Waals surface area contributed by atoms with Gasteiger partial charge >= 0.3 is 0 Å². The van der Waals surface area contributed by atoms with Crippen LogP contribution < -0.4 is 0 Å². The van der Waals surface area contributed by atoms with Crippen LogP contribution >= 0.6 is 15.9 Å². The first-order chi connectivity index (χ1) is 8.09. The molecule has 1 aliphatic rings. The van der Waals surface area contributed by atoms with E-state index in [4.69, 9.17) is 4.74 Å². The number of halogens is 1. The normalized spacial score (nSPS) is 20.3. The van der Waals surface area contributed by atoms with E-state index in [2.05, 4.69) is 15.9 Å². The summed E-state index contributed by atoms with van der Waals surface area (Å²) < 4.78 is 6.05. The molecule has 0 radical (unpaired) electrons. The number of rotatable bonds is 2. The molecular formula is C11H10BrNO4. The van der Waals surface area contributed by atoms with Gasteiger partial charge in [-0.25, -0.2) is 0 Å². The second-order valence-corrected chi connectivity index (χ2v) is 4.64. The fraction of sp³-hybridized carbons (Fsp3) is 0.364. The molecule has 1 heterocycles. The molecule has 1 unspecified atom stereocenters. The van der Waals surface area contributed by atoms with Gasteiger partial charge in [0.2, 0.25) is 0 Å². The number of ether oxygens (including phenoxy) is 1. The van der Waals surface area contributed by atoms with Crippen molar-refractivity contribution in [3.8, 4) is 0 Å². The van der Waals surface area contributed by atoms with Crippen LogP contribution in [0.4, 0.5) is 5.69 Å². The molecule has 0 aliphatic carbocycles. The van der Waals surface area contributed by atoms with Gasteiger partial charge in [-0.3, -0.25) is 14.9 Å². The van der Waals surface area contributed by atoms with Gasteiger partial charge in [-0.15, -0.1) is 0 Å². The molecule has 0 N–H and O–H groups in total. The summed E-state index contributed by atoms with van der Waals surface area (Å²) in [7, 11) is 0. The summed E-state index contributed by atoms with van der Waals surface area (Å²) in [6, 6.07) is 4.73. The Hall–Kier alpha value is -1.27. The highest BCUT2D eigenvalue weighted by Crippen LogP contribution is 2.37. The quantitative estimate of drug-likeness (QED) is 0.622. The molecule has 1 aromatic rings. The van der Waals surface area contributed by atoms with Gasteiger partial charge in [-0.05, 0) is 6.07 Å². The first-order valence-corrected chi connectivity index (χ1v) is 5.95. The lowest BCUT2D eigenvalue weighted by Crippen LogP contribution is -2.20. The molecule has 1 atom stereocenters. The molecule has 0 spiro atoms. The summed E-state index contributed by atoms with van der Waals surface area (Å²) in [6.07, 6.45) is 0.0605. The van der Waals surface area contributed by atoms with Crippen LogP contribution in [-0.2, 0) is 9.53 Å². The van der Waals surface area contributed by atoms with Gasteiger partial charge in [0.05, 0.1) is 23.2 Å². The highest BCUT2D eigenvalue weighted by molar-refractivity contribution is 9.10. The van der Waals surface area contributed by atoms with Crippen molar-refractivity contribution >= 4 is 27.4 Å². The number of benzene rings is 1. The largest absolute Gasteiger partial charge is 0.372 e. The molecule has 0 saturated carbocycles. The third kappa shape index (κ3) is 2.53. The van der Waals surface area contributed by atoms with Crippen molar-refractivity contribution < 1.29 is 14.5 Å². The molecule has 1 aromatic carbocycles. The van der Waals surface area contributed by atoms with Gasteiger partial charge in [-0.1, -0.05) is 22.0 Å². The Morgan fingerprint density at radius 1 is 1.47 bits per heavy atom. The Kier molecular flexibility index (Phi) is 3.54. The highest BCUT2D eigenvalue weighted by atomic mass is 79.9. The Labute approximate surface area is 106 Å². The predicted molar refractivity (Wildman–Crippen MR) is 63.7 cm³/mol. The number of hydrogen-bond acceptors (Lipinski definition) is 4. The number of ketones is 1.